The largest absolute Gasteiger partial charge is 0.490 e. The van der Waals surface area contributed by atoms with Gasteiger partial charge in [-0.05, 0) is 36.6 Å². The van der Waals surface area contributed by atoms with Gasteiger partial charge in [0.25, 0.3) is 10.0 Å². The highest BCUT2D eigenvalue weighted by molar-refractivity contribution is 7.95. The third kappa shape index (κ3) is 6.44. The van der Waals surface area contributed by atoms with Crippen molar-refractivity contribution in [3.8, 4) is 11.5 Å². The Labute approximate surface area is 155 Å². The zero-order chi connectivity index (χ0) is 18.8. The van der Waals surface area contributed by atoms with E-state index in [0.29, 0.717) is 30.4 Å². The minimum absolute atomic E-state index is 0.428. The first-order valence-corrected chi connectivity index (χ1v) is 10.2. The number of hydrogen-bond donors (Lipinski definition) is 1. The van der Waals surface area contributed by atoms with E-state index in [4.69, 9.17) is 9.47 Å². The molecule has 0 aliphatic rings. The van der Waals surface area contributed by atoms with Crippen molar-refractivity contribution in [1.29, 1.82) is 0 Å². The highest BCUT2D eigenvalue weighted by atomic mass is 32.2. The van der Waals surface area contributed by atoms with Gasteiger partial charge in [-0.2, -0.15) is 0 Å². The summed E-state index contributed by atoms with van der Waals surface area (Å²) in [5, 5.41) is 1.15. The molecule has 26 heavy (non-hydrogen) atoms. The minimum Gasteiger partial charge on any atom is -0.490 e. The Morgan fingerprint density at radius 3 is 2.23 bits per heavy atom. The van der Waals surface area contributed by atoms with Crippen LogP contribution in [-0.2, 0) is 10.0 Å². The van der Waals surface area contributed by atoms with E-state index in [2.05, 4.69) is 4.72 Å². The Morgan fingerprint density at radius 2 is 1.58 bits per heavy atom. The van der Waals surface area contributed by atoms with Crippen LogP contribution in [0.2, 0.25) is 0 Å². The molecule has 2 aromatic carbocycles. The maximum Gasteiger partial charge on any atom is 0.255 e. The number of sulfonamides is 1. The average molecular weight is 375 g/mol. The van der Waals surface area contributed by atoms with Crippen LogP contribution in [0.25, 0.3) is 6.08 Å². The summed E-state index contributed by atoms with van der Waals surface area (Å²) in [6.45, 7) is 5.14. The lowest BCUT2D eigenvalue weighted by atomic mass is 10.2. The van der Waals surface area contributed by atoms with Gasteiger partial charge in [-0.1, -0.05) is 44.2 Å². The first-order valence-electron chi connectivity index (χ1n) is 8.69. The van der Waals surface area contributed by atoms with Crippen molar-refractivity contribution >= 4 is 21.8 Å². The van der Waals surface area contributed by atoms with E-state index in [1.807, 2.05) is 44.2 Å². The highest BCUT2D eigenvalue weighted by Crippen LogP contribution is 2.31. The summed E-state index contributed by atoms with van der Waals surface area (Å²) in [6.07, 6.45) is 3.28. The normalized spacial score (nSPS) is 11.5. The molecule has 0 saturated carbocycles. The van der Waals surface area contributed by atoms with Gasteiger partial charge in [-0.25, -0.2) is 8.42 Å². The molecule has 140 valence electrons. The van der Waals surface area contributed by atoms with Gasteiger partial charge in [0.15, 0.2) is 11.5 Å². The molecule has 2 rings (SSSR count). The van der Waals surface area contributed by atoms with Crippen LogP contribution < -0.4 is 14.2 Å². The van der Waals surface area contributed by atoms with Crippen molar-refractivity contribution in [3.05, 3.63) is 59.5 Å². The second-order valence-electron chi connectivity index (χ2n) is 5.72. The third-order valence-corrected chi connectivity index (χ3v) is 4.38. The molecule has 0 aliphatic carbocycles. The van der Waals surface area contributed by atoms with Crippen LogP contribution in [0.3, 0.4) is 0 Å². The maximum absolute atomic E-state index is 12.3. The molecule has 0 aliphatic heterocycles. The zero-order valence-electron chi connectivity index (χ0n) is 15.1. The number of rotatable bonds is 10. The SMILES string of the molecule is CCCOc1ccc(NS(=O)(=O)/C=C/c2ccccc2)cc1OCCC. The average Bonchev–Trinajstić information content (AvgIpc) is 2.64. The second kappa shape index (κ2) is 9.87. The molecule has 1 N–H and O–H groups in total. The van der Waals surface area contributed by atoms with Gasteiger partial charge in [0.1, 0.15) is 0 Å². The van der Waals surface area contributed by atoms with Crippen LogP contribution in [-0.4, -0.2) is 21.6 Å². The fraction of sp³-hybridized carbons (Fsp3) is 0.300. The molecular weight excluding hydrogens is 350 g/mol. The smallest absolute Gasteiger partial charge is 0.255 e. The standard InChI is InChI=1S/C20H25NO4S/c1-3-13-24-19-11-10-18(16-20(19)25-14-4-2)21-26(22,23)15-12-17-8-6-5-7-9-17/h5-12,15-16,21H,3-4,13-14H2,1-2H3/b15-12+. The van der Waals surface area contributed by atoms with E-state index >= 15 is 0 Å². The molecule has 0 atom stereocenters. The number of nitrogens with one attached hydrogen (secondary N) is 1. The third-order valence-electron chi connectivity index (χ3n) is 3.37. The van der Waals surface area contributed by atoms with Crippen molar-refractivity contribution in [1.82, 2.24) is 0 Å². The van der Waals surface area contributed by atoms with Crippen LogP contribution in [0.5, 0.6) is 11.5 Å². The van der Waals surface area contributed by atoms with Crippen molar-refractivity contribution in [3.63, 3.8) is 0 Å². The molecular formula is C20H25NO4S. The quantitative estimate of drug-likeness (QED) is 0.655. The summed E-state index contributed by atoms with van der Waals surface area (Å²) in [7, 11) is -3.63. The zero-order valence-corrected chi connectivity index (χ0v) is 16.0. The molecule has 0 fully saturated rings. The molecule has 2 aromatic rings. The van der Waals surface area contributed by atoms with Crippen molar-refractivity contribution in [2.24, 2.45) is 0 Å². The van der Waals surface area contributed by atoms with E-state index in [1.165, 1.54) is 0 Å². The maximum atomic E-state index is 12.3. The molecule has 0 amide bonds. The Hall–Kier alpha value is -2.47. The molecule has 0 radical (unpaired) electrons. The van der Waals surface area contributed by atoms with E-state index in [1.54, 1.807) is 24.3 Å². The lowest BCUT2D eigenvalue weighted by Gasteiger charge is -2.14. The summed E-state index contributed by atoms with van der Waals surface area (Å²) >= 11 is 0. The Bertz CT molecular complexity index is 817. The van der Waals surface area contributed by atoms with Gasteiger partial charge in [0, 0.05) is 6.07 Å². The monoisotopic (exact) mass is 375 g/mol. The number of anilines is 1. The molecule has 0 saturated heterocycles. The number of ether oxygens (including phenoxy) is 2. The van der Waals surface area contributed by atoms with E-state index < -0.39 is 10.0 Å². The Balaban J connectivity index is 2.15. The molecule has 0 bridgehead atoms. The Morgan fingerprint density at radius 1 is 0.923 bits per heavy atom. The molecule has 0 unspecified atom stereocenters. The fourth-order valence-electron chi connectivity index (χ4n) is 2.16. The van der Waals surface area contributed by atoms with Crippen molar-refractivity contribution < 1.29 is 17.9 Å². The van der Waals surface area contributed by atoms with Crippen LogP contribution in [0.1, 0.15) is 32.3 Å². The first-order chi connectivity index (χ1) is 12.5. The lowest BCUT2D eigenvalue weighted by molar-refractivity contribution is 0.268. The summed E-state index contributed by atoms with van der Waals surface area (Å²) in [5.41, 5.74) is 1.24. The second-order valence-corrected chi connectivity index (χ2v) is 7.29. The summed E-state index contributed by atoms with van der Waals surface area (Å²) in [6, 6.07) is 14.3. The van der Waals surface area contributed by atoms with Crippen LogP contribution in [0.15, 0.2) is 53.9 Å². The molecule has 6 heteroatoms. The Kier molecular flexibility index (Phi) is 7.53. The topological polar surface area (TPSA) is 64.6 Å². The number of hydrogen-bond acceptors (Lipinski definition) is 4. The van der Waals surface area contributed by atoms with E-state index in [9.17, 15) is 8.42 Å². The van der Waals surface area contributed by atoms with Crippen molar-refractivity contribution in [2.75, 3.05) is 17.9 Å². The predicted molar refractivity (Wildman–Crippen MR) is 106 cm³/mol. The summed E-state index contributed by atoms with van der Waals surface area (Å²) in [4.78, 5) is 0. The summed E-state index contributed by atoms with van der Waals surface area (Å²) in [5.74, 6) is 1.15. The molecule has 0 spiro atoms. The molecule has 0 heterocycles. The van der Waals surface area contributed by atoms with Crippen LogP contribution in [0.4, 0.5) is 5.69 Å². The summed E-state index contributed by atoms with van der Waals surface area (Å²) < 4.78 is 38.5. The number of benzene rings is 2. The van der Waals surface area contributed by atoms with Gasteiger partial charge in [0.05, 0.1) is 24.3 Å². The first kappa shape index (κ1) is 19.8. The van der Waals surface area contributed by atoms with E-state index in [0.717, 1.165) is 23.8 Å². The van der Waals surface area contributed by atoms with Crippen LogP contribution >= 0.6 is 0 Å². The van der Waals surface area contributed by atoms with E-state index in [-0.39, 0.29) is 0 Å². The predicted octanol–water partition coefficient (Wildman–Crippen LogP) is 4.68. The fourth-order valence-corrected chi connectivity index (χ4v) is 3.02. The highest BCUT2D eigenvalue weighted by Gasteiger charge is 2.11. The van der Waals surface area contributed by atoms with Crippen molar-refractivity contribution in [2.45, 2.75) is 26.7 Å². The van der Waals surface area contributed by atoms with Gasteiger partial charge in [-0.3, -0.25) is 4.72 Å². The van der Waals surface area contributed by atoms with Gasteiger partial charge in [0.2, 0.25) is 0 Å². The van der Waals surface area contributed by atoms with Gasteiger partial charge in [-0.15, -0.1) is 0 Å². The van der Waals surface area contributed by atoms with Gasteiger partial charge < -0.3 is 9.47 Å². The van der Waals surface area contributed by atoms with Gasteiger partial charge >= 0.3 is 0 Å². The molecule has 5 nitrogen and oxygen atoms in total. The minimum atomic E-state index is -3.63. The van der Waals surface area contributed by atoms with Crippen LogP contribution in [0, 0.1) is 0 Å². The molecule has 0 aromatic heterocycles. The lowest BCUT2D eigenvalue weighted by Crippen LogP contribution is -2.09.